The molecule has 0 fully saturated rings. The van der Waals surface area contributed by atoms with Crippen LogP contribution in [0, 0.1) is 0 Å². The highest BCUT2D eigenvalue weighted by Crippen LogP contribution is 2.13. The quantitative estimate of drug-likeness (QED) is 0.654. The second-order valence-electron chi connectivity index (χ2n) is 4.75. The Kier molecular flexibility index (Phi) is 3.64. The van der Waals surface area contributed by atoms with Crippen LogP contribution in [0.4, 0.5) is 0 Å². The molecule has 0 N–H and O–H groups in total. The van der Waals surface area contributed by atoms with E-state index in [2.05, 4.69) is 37.8 Å². The molecule has 0 amide bonds. The van der Waals surface area contributed by atoms with E-state index >= 15 is 0 Å². The van der Waals surface area contributed by atoms with E-state index < -0.39 is 0 Å². The van der Waals surface area contributed by atoms with Crippen molar-refractivity contribution in [1.82, 2.24) is 35.4 Å². The van der Waals surface area contributed by atoms with Gasteiger partial charge >= 0.3 is 0 Å². The highest BCUT2D eigenvalue weighted by molar-refractivity contribution is 5.73. The van der Waals surface area contributed by atoms with Gasteiger partial charge in [-0.15, -0.1) is 5.10 Å². The minimum absolute atomic E-state index is 0.787. The summed E-state index contributed by atoms with van der Waals surface area (Å²) < 4.78 is 6.43. The molecule has 0 spiro atoms. The van der Waals surface area contributed by atoms with E-state index in [9.17, 15) is 0 Å². The predicted octanol–water partition coefficient (Wildman–Crippen LogP) is 0.731. The molecule has 0 aliphatic heterocycles. The molecule has 0 aliphatic rings. The minimum atomic E-state index is 0.787. The van der Waals surface area contributed by atoms with Crippen molar-refractivity contribution in [2.75, 3.05) is 13.6 Å². The topological polar surface area (TPSA) is 85.8 Å². The standard InChI is InChI=1S/C12H15N7O/c1-18(5-2-6-19-9-13-16-17-19)8-10-3-4-11-12(7-10)15-20-14-11/h3-4,7,9H,2,5-6,8H2,1H3. The number of fused-ring (bicyclic) bond motifs is 1. The lowest BCUT2D eigenvalue weighted by Gasteiger charge is -2.16. The van der Waals surface area contributed by atoms with Gasteiger partial charge in [-0.1, -0.05) is 6.07 Å². The number of aromatic nitrogens is 6. The third kappa shape index (κ3) is 2.97. The molecule has 3 rings (SSSR count). The second-order valence-corrected chi connectivity index (χ2v) is 4.75. The van der Waals surface area contributed by atoms with Crippen molar-refractivity contribution >= 4 is 11.0 Å². The van der Waals surface area contributed by atoms with Crippen LogP contribution < -0.4 is 0 Å². The molecule has 1 aromatic carbocycles. The molecular weight excluding hydrogens is 258 g/mol. The predicted molar refractivity (Wildman–Crippen MR) is 70.6 cm³/mol. The van der Waals surface area contributed by atoms with Crippen LogP contribution in [0.15, 0.2) is 29.2 Å². The average molecular weight is 273 g/mol. The summed E-state index contributed by atoms with van der Waals surface area (Å²) in [5.41, 5.74) is 2.78. The molecule has 104 valence electrons. The van der Waals surface area contributed by atoms with Crippen LogP contribution in [0.25, 0.3) is 11.0 Å². The summed E-state index contributed by atoms with van der Waals surface area (Å²) in [6.07, 6.45) is 2.63. The van der Waals surface area contributed by atoms with Gasteiger partial charge in [-0.05, 0) is 58.4 Å². The molecule has 0 bridgehead atoms. The average Bonchev–Trinajstić information content (AvgIpc) is 3.08. The van der Waals surface area contributed by atoms with Crippen LogP contribution in [0.1, 0.15) is 12.0 Å². The lowest BCUT2D eigenvalue weighted by atomic mass is 10.2. The van der Waals surface area contributed by atoms with Crippen molar-refractivity contribution in [2.24, 2.45) is 0 Å². The van der Waals surface area contributed by atoms with Gasteiger partial charge in [0.15, 0.2) is 0 Å². The van der Waals surface area contributed by atoms with Gasteiger partial charge in [-0.2, -0.15) is 0 Å². The Balaban J connectivity index is 1.51. The summed E-state index contributed by atoms with van der Waals surface area (Å²) in [6, 6.07) is 5.98. The summed E-state index contributed by atoms with van der Waals surface area (Å²) >= 11 is 0. The minimum Gasteiger partial charge on any atom is -0.302 e. The lowest BCUT2D eigenvalue weighted by Crippen LogP contribution is -2.20. The molecule has 2 heterocycles. The van der Waals surface area contributed by atoms with Crippen LogP contribution >= 0.6 is 0 Å². The molecule has 0 unspecified atom stereocenters. The third-order valence-corrected chi connectivity index (χ3v) is 3.09. The van der Waals surface area contributed by atoms with E-state index in [0.29, 0.717) is 0 Å². The fourth-order valence-electron chi connectivity index (χ4n) is 2.10. The van der Waals surface area contributed by atoms with E-state index in [4.69, 9.17) is 4.63 Å². The van der Waals surface area contributed by atoms with Gasteiger partial charge in [0.05, 0.1) is 0 Å². The Bertz CT molecular complexity index is 663. The molecule has 2 aromatic heterocycles. The van der Waals surface area contributed by atoms with E-state index in [1.54, 1.807) is 11.0 Å². The zero-order valence-corrected chi connectivity index (χ0v) is 11.2. The van der Waals surface area contributed by atoms with Gasteiger partial charge in [0.25, 0.3) is 0 Å². The van der Waals surface area contributed by atoms with Gasteiger partial charge < -0.3 is 4.90 Å². The Morgan fingerprint density at radius 2 is 2.15 bits per heavy atom. The maximum Gasteiger partial charge on any atom is 0.138 e. The molecule has 0 aliphatic carbocycles. The van der Waals surface area contributed by atoms with Gasteiger partial charge in [0, 0.05) is 13.1 Å². The van der Waals surface area contributed by atoms with Gasteiger partial charge in [0.1, 0.15) is 17.4 Å². The first kappa shape index (κ1) is 12.7. The van der Waals surface area contributed by atoms with Crippen LogP contribution in [0.3, 0.4) is 0 Å². The SMILES string of the molecule is CN(CCCn1cnnn1)Cc1ccc2nonc2c1. The first-order chi connectivity index (χ1) is 9.81. The normalized spacial score (nSPS) is 11.5. The van der Waals surface area contributed by atoms with E-state index in [0.717, 1.165) is 37.1 Å². The first-order valence-corrected chi connectivity index (χ1v) is 6.42. The molecule has 8 heteroatoms. The Morgan fingerprint density at radius 3 is 3.00 bits per heavy atom. The number of rotatable bonds is 6. The molecule has 0 saturated carbocycles. The number of nitrogens with zero attached hydrogens (tertiary/aromatic N) is 7. The Hall–Kier alpha value is -2.35. The van der Waals surface area contributed by atoms with Crippen LogP contribution in [-0.4, -0.2) is 49.0 Å². The van der Waals surface area contributed by atoms with Crippen molar-refractivity contribution < 1.29 is 4.63 Å². The third-order valence-electron chi connectivity index (χ3n) is 3.09. The van der Waals surface area contributed by atoms with Crippen molar-refractivity contribution in [3.63, 3.8) is 0 Å². The molecule has 3 aromatic rings. The van der Waals surface area contributed by atoms with Crippen molar-refractivity contribution in [3.05, 3.63) is 30.1 Å². The van der Waals surface area contributed by atoms with Crippen molar-refractivity contribution in [3.8, 4) is 0 Å². The number of benzene rings is 1. The van der Waals surface area contributed by atoms with Crippen LogP contribution in [0.5, 0.6) is 0 Å². The zero-order chi connectivity index (χ0) is 13.8. The fourth-order valence-corrected chi connectivity index (χ4v) is 2.10. The highest BCUT2D eigenvalue weighted by atomic mass is 16.6. The lowest BCUT2D eigenvalue weighted by molar-refractivity contribution is 0.310. The van der Waals surface area contributed by atoms with Crippen LogP contribution in [0.2, 0.25) is 0 Å². The van der Waals surface area contributed by atoms with Crippen molar-refractivity contribution in [2.45, 2.75) is 19.5 Å². The number of aryl methyl sites for hydroxylation is 1. The maximum atomic E-state index is 4.70. The maximum absolute atomic E-state index is 4.70. The highest BCUT2D eigenvalue weighted by Gasteiger charge is 2.05. The summed E-state index contributed by atoms with van der Waals surface area (Å²) in [5, 5.41) is 18.7. The summed E-state index contributed by atoms with van der Waals surface area (Å²) in [7, 11) is 2.09. The molecular formula is C12H15N7O. The first-order valence-electron chi connectivity index (χ1n) is 6.42. The number of hydrogen-bond acceptors (Lipinski definition) is 7. The zero-order valence-electron chi connectivity index (χ0n) is 11.2. The van der Waals surface area contributed by atoms with Gasteiger partial charge in [-0.25, -0.2) is 9.31 Å². The number of hydrogen-bond donors (Lipinski definition) is 0. The fraction of sp³-hybridized carbons (Fsp3) is 0.417. The largest absolute Gasteiger partial charge is 0.302 e. The van der Waals surface area contributed by atoms with E-state index in [-0.39, 0.29) is 0 Å². The number of tetrazole rings is 1. The van der Waals surface area contributed by atoms with Crippen molar-refractivity contribution in [1.29, 1.82) is 0 Å². The molecule has 0 atom stereocenters. The van der Waals surface area contributed by atoms with Gasteiger partial charge in [-0.3, -0.25) is 0 Å². The molecule has 20 heavy (non-hydrogen) atoms. The summed E-state index contributed by atoms with van der Waals surface area (Å²) in [5.74, 6) is 0. The second kappa shape index (κ2) is 5.74. The summed E-state index contributed by atoms with van der Waals surface area (Å²) in [4.78, 5) is 2.25. The van der Waals surface area contributed by atoms with E-state index in [1.807, 2.05) is 18.2 Å². The van der Waals surface area contributed by atoms with Gasteiger partial charge in [0.2, 0.25) is 0 Å². The smallest absolute Gasteiger partial charge is 0.138 e. The Labute approximate surface area is 115 Å². The summed E-state index contributed by atoms with van der Waals surface area (Å²) in [6.45, 7) is 2.65. The monoisotopic (exact) mass is 273 g/mol. The molecule has 0 saturated heterocycles. The molecule has 8 nitrogen and oxygen atoms in total. The Morgan fingerprint density at radius 1 is 1.25 bits per heavy atom. The van der Waals surface area contributed by atoms with E-state index in [1.165, 1.54) is 5.56 Å². The molecule has 0 radical (unpaired) electrons. The van der Waals surface area contributed by atoms with Crippen LogP contribution in [-0.2, 0) is 13.1 Å².